The van der Waals surface area contributed by atoms with E-state index in [1.165, 1.54) is 0 Å². The number of nitrogens with zero attached hydrogens (tertiary/aromatic N) is 2. The van der Waals surface area contributed by atoms with E-state index in [0.717, 1.165) is 5.69 Å². The Bertz CT molecular complexity index is 1060. The Kier molecular flexibility index (Phi) is 3.51. The summed E-state index contributed by atoms with van der Waals surface area (Å²) in [6.45, 7) is 0. The molecule has 7 heteroatoms. The standard InChI is InChI=1S/C17H11ClN4O2/c18-10-3-5-11(6-4-10)20-17-21-15-14(16(23)22-17)12(7-8-19-15)13-2-1-9-24-13/h1-9H,(H2,19,20,21,22,23). The van der Waals surface area contributed by atoms with Crippen molar-refractivity contribution in [2.24, 2.45) is 0 Å². The van der Waals surface area contributed by atoms with Crippen molar-refractivity contribution in [1.29, 1.82) is 0 Å². The maximum Gasteiger partial charge on any atom is 0.262 e. The summed E-state index contributed by atoms with van der Waals surface area (Å²) in [6.07, 6.45) is 3.15. The monoisotopic (exact) mass is 338 g/mol. The molecule has 0 aliphatic heterocycles. The first-order valence-electron chi connectivity index (χ1n) is 7.16. The van der Waals surface area contributed by atoms with Crippen LogP contribution in [0.3, 0.4) is 0 Å². The SMILES string of the molecule is O=c1[nH]c(Nc2ccc(Cl)cc2)nc2nccc(-c3ccco3)c12. The number of hydrogen-bond donors (Lipinski definition) is 2. The smallest absolute Gasteiger partial charge is 0.262 e. The highest BCUT2D eigenvalue weighted by Gasteiger charge is 2.13. The molecule has 0 spiro atoms. The normalized spacial score (nSPS) is 10.9. The highest BCUT2D eigenvalue weighted by molar-refractivity contribution is 6.30. The van der Waals surface area contributed by atoms with Crippen LogP contribution >= 0.6 is 11.6 Å². The van der Waals surface area contributed by atoms with Crippen LogP contribution in [-0.4, -0.2) is 15.0 Å². The summed E-state index contributed by atoms with van der Waals surface area (Å²) in [7, 11) is 0. The molecular weight excluding hydrogens is 328 g/mol. The molecule has 4 rings (SSSR count). The van der Waals surface area contributed by atoms with Crippen LogP contribution < -0.4 is 10.9 Å². The van der Waals surface area contributed by atoms with E-state index in [-0.39, 0.29) is 5.56 Å². The summed E-state index contributed by atoms with van der Waals surface area (Å²) in [5.41, 5.74) is 1.45. The second kappa shape index (κ2) is 5.82. The summed E-state index contributed by atoms with van der Waals surface area (Å²) >= 11 is 5.86. The van der Waals surface area contributed by atoms with Crippen LogP contribution in [0.25, 0.3) is 22.4 Å². The van der Waals surface area contributed by atoms with Crippen molar-refractivity contribution in [2.45, 2.75) is 0 Å². The zero-order valence-corrected chi connectivity index (χ0v) is 13.0. The average molecular weight is 339 g/mol. The molecule has 0 aliphatic rings. The van der Waals surface area contributed by atoms with Gasteiger partial charge in [-0.05, 0) is 42.5 Å². The van der Waals surface area contributed by atoms with Crippen molar-refractivity contribution in [3.05, 3.63) is 70.3 Å². The van der Waals surface area contributed by atoms with Crippen molar-refractivity contribution >= 4 is 34.3 Å². The fourth-order valence-electron chi connectivity index (χ4n) is 2.43. The van der Waals surface area contributed by atoms with E-state index in [9.17, 15) is 4.79 Å². The maximum absolute atomic E-state index is 12.5. The number of furan rings is 1. The van der Waals surface area contributed by atoms with Crippen molar-refractivity contribution in [1.82, 2.24) is 15.0 Å². The van der Waals surface area contributed by atoms with E-state index in [1.807, 2.05) is 0 Å². The molecule has 6 nitrogen and oxygen atoms in total. The molecule has 3 heterocycles. The molecule has 4 aromatic rings. The molecule has 0 fully saturated rings. The number of pyridine rings is 1. The lowest BCUT2D eigenvalue weighted by Crippen LogP contribution is -2.13. The van der Waals surface area contributed by atoms with Gasteiger partial charge >= 0.3 is 0 Å². The van der Waals surface area contributed by atoms with Crippen LogP contribution in [-0.2, 0) is 0 Å². The van der Waals surface area contributed by atoms with Crippen molar-refractivity contribution in [3.63, 3.8) is 0 Å². The number of anilines is 2. The fourth-order valence-corrected chi connectivity index (χ4v) is 2.56. The van der Waals surface area contributed by atoms with Gasteiger partial charge in [0.1, 0.15) is 5.76 Å². The van der Waals surface area contributed by atoms with Gasteiger partial charge in [0, 0.05) is 22.5 Å². The molecule has 0 bridgehead atoms. The van der Waals surface area contributed by atoms with Gasteiger partial charge in [0.25, 0.3) is 5.56 Å². The lowest BCUT2D eigenvalue weighted by atomic mass is 10.1. The van der Waals surface area contributed by atoms with Crippen molar-refractivity contribution < 1.29 is 4.42 Å². The number of aromatic amines is 1. The van der Waals surface area contributed by atoms with Crippen LogP contribution in [0.1, 0.15) is 0 Å². The highest BCUT2D eigenvalue weighted by atomic mass is 35.5. The molecule has 0 unspecified atom stereocenters. The van der Waals surface area contributed by atoms with Crippen LogP contribution in [0.2, 0.25) is 5.02 Å². The summed E-state index contributed by atoms with van der Waals surface area (Å²) < 4.78 is 5.38. The first-order chi connectivity index (χ1) is 11.7. The van der Waals surface area contributed by atoms with Crippen LogP contribution in [0, 0.1) is 0 Å². The van der Waals surface area contributed by atoms with Gasteiger partial charge in [-0.2, -0.15) is 4.98 Å². The number of benzene rings is 1. The molecule has 24 heavy (non-hydrogen) atoms. The molecule has 0 saturated heterocycles. The maximum atomic E-state index is 12.5. The third kappa shape index (κ3) is 2.63. The average Bonchev–Trinajstić information content (AvgIpc) is 3.11. The number of aromatic nitrogens is 3. The zero-order chi connectivity index (χ0) is 16.5. The van der Waals surface area contributed by atoms with E-state index < -0.39 is 0 Å². The summed E-state index contributed by atoms with van der Waals surface area (Å²) in [5, 5.41) is 4.04. The first-order valence-corrected chi connectivity index (χ1v) is 7.54. The number of fused-ring (bicyclic) bond motifs is 1. The van der Waals surface area contributed by atoms with E-state index in [2.05, 4.69) is 20.3 Å². The quantitative estimate of drug-likeness (QED) is 0.590. The van der Waals surface area contributed by atoms with Gasteiger partial charge in [-0.25, -0.2) is 4.98 Å². The number of hydrogen-bond acceptors (Lipinski definition) is 5. The Morgan fingerprint density at radius 3 is 2.71 bits per heavy atom. The summed E-state index contributed by atoms with van der Waals surface area (Å²) in [5.74, 6) is 0.895. The molecule has 0 amide bonds. The molecule has 2 N–H and O–H groups in total. The third-order valence-corrected chi connectivity index (χ3v) is 3.75. The molecule has 0 atom stereocenters. The minimum absolute atomic E-state index is 0.295. The lowest BCUT2D eigenvalue weighted by molar-refractivity contribution is 0.583. The number of nitrogens with one attached hydrogen (secondary N) is 2. The van der Waals surface area contributed by atoms with Gasteiger partial charge in [-0.15, -0.1) is 0 Å². The topological polar surface area (TPSA) is 83.8 Å². The second-order valence-electron chi connectivity index (χ2n) is 5.08. The van der Waals surface area contributed by atoms with E-state index >= 15 is 0 Å². The molecule has 3 aromatic heterocycles. The minimum atomic E-state index is -0.295. The van der Waals surface area contributed by atoms with Crippen LogP contribution in [0.15, 0.2) is 64.1 Å². The highest BCUT2D eigenvalue weighted by Crippen LogP contribution is 2.25. The van der Waals surface area contributed by atoms with Gasteiger partial charge < -0.3 is 9.73 Å². The Morgan fingerprint density at radius 2 is 1.96 bits per heavy atom. The third-order valence-electron chi connectivity index (χ3n) is 3.50. The summed E-state index contributed by atoms with van der Waals surface area (Å²) in [4.78, 5) is 23.8. The van der Waals surface area contributed by atoms with Gasteiger partial charge in [-0.3, -0.25) is 9.78 Å². The fraction of sp³-hybridized carbons (Fsp3) is 0. The predicted molar refractivity (Wildman–Crippen MR) is 92.6 cm³/mol. The Labute approximate surface area is 141 Å². The van der Waals surface area contributed by atoms with E-state index in [1.54, 1.807) is 54.9 Å². The molecule has 0 saturated carbocycles. The second-order valence-corrected chi connectivity index (χ2v) is 5.52. The molecule has 118 valence electrons. The molecular formula is C17H11ClN4O2. The lowest BCUT2D eigenvalue weighted by Gasteiger charge is -2.07. The van der Waals surface area contributed by atoms with E-state index in [0.29, 0.717) is 33.3 Å². The zero-order valence-electron chi connectivity index (χ0n) is 12.3. The van der Waals surface area contributed by atoms with Gasteiger partial charge in [0.05, 0.1) is 11.6 Å². The van der Waals surface area contributed by atoms with Crippen LogP contribution in [0.5, 0.6) is 0 Å². The summed E-state index contributed by atoms with van der Waals surface area (Å²) in [6, 6.07) is 12.4. The molecule has 1 aromatic carbocycles. The number of rotatable bonds is 3. The Hall–Kier alpha value is -3.12. The number of halogens is 1. The molecule has 0 aliphatic carbocycles. The van der Waals surface area contributed by atoms with Gasteiger partial charge in [0.15, 0.2) is 5.65 Å². The minimum Gasteiger partial charge on any atom is -0.464 e. The van der Waals surface area contributed by atoms with Gasteiger partial charge in [-0.1, -0.05) is 11.6 Å². The Morgan fingerprint density at radius 1 is 1.12 bits per heavy atom. The van der Waals surface area contributed by atoms with Crippen LogP contribution in [0.4, 0.5) is 11.6 Å². The molecule has 0 radical (unpaired) electrons. The van der Waals surface area contributed by atoms with Crippen molar-refractivity contribution in [2.75, 3.05) is 5.32 Å². The largest absolute Gasteiger partial charge is 0.464 e. The van der Waals surface area contributed by atoms with Crippen molar-refractivity contribution in [3.8, 4) is 11.3 Å². The Balaban J connectivity index is 1.81. The van der Waals surface area contributed by atoms with E-state index in [4.69, 9.17) is 16.0 Å². The first kappa shape index (κ1) is 14.5. The predicted octanol–water partition coefficient (Wildman–Crippen LogP) is 3.98. The van der Waals surface area contributed by atoms with Gasteiger partial charge in [0.2, 0.25) is 5.95 Å². The number of H-pyrrole nitrogens is 1.